The highest BCUT2D eigenvalue weighted by molar-refractivity contribution is 7.99. The van der Waals surface area contributed by atoms with Crippen molar-refractivity contribution < 1.29 is 14.5 Å². The molecule has 3 rings (SSSR count). The van der Waals surface area contributed by atoms with E-state index in [4.69, 9.17) is 4.74 Å². The second kappa shape index (κ2) is 8.53. The summed E-state index contributed by atoms with van der Waals surface area (Å²) in [4.78, 5) is 27.0. The van der Waals surface area contributed by atoms with Gasteiger partial charge in [-0.25, -0.2) is 4.98 Å². The van der Waals surface area contributed by atoms with Crippen molar-refractivity contribution in [2.45, 2.75) is 12.1 Å². The fourth-order valence-corrected chi connectivity index (χ4v) is 2.97. The number of amides is 1. The molecule has 0 atom stereocenters. The molecule has 0 spiro atoms. The van der Waals surface area contributed by atoms with Crippen LogP contribution in [0, 0.1) is 17.0 Å². The minimum Gasteiger partial charge on any atom is -0.495 e. The molecule has 0 radical (unpaired) electrons. The number of aromatic amines is 1. The molecule has 144 valence electrons. The first-order valence-electron chi connectivity index (χ1n) is 8.21. The van der Waals surface area contributed by atoms with Crippen LogP contribution in [0.15, 0.2) is 47.6 Å². The highest BCUT2D eigenvalue weighted by Crippen LogP contribution is 2.29. The van der Waals surface area contributed by atoms with Crippen LogP contribution in [0.4, 0.5) is 11.4 Å². The van der Waals surface area contributed by atoms with E-state index in [2.05, 4.69) is 20.5 Å². The third-order valence-corrected chi connectivity index (χ3v) is 4.64. The van der Waals surface area contributed by atoms with Crippen LogP contribution >= 0.6 is 11.8 Å². The number of aromatic nitrogens is 3. The number of benzene rings is 2. The molecule has 0 saturated heterocycles. The first-order valence-corrected chi connectivity index (χ1v) is 9.19. The normalized spacial score (nSPS) is 10.5. The zero-order valence-corrected chi connectivity index (χ0v) is 15.9. The van der Waals surface area contributed by atoms with Gasteiger partial charge < -0.3 is 10.1 Å². The molecule has 1 aromatic heterocycles. The monoisotopic (exact) mass is 399 g/mol. The molecule has 0 fully saturated rings. The highest BCUT2D eigenvalue weighted by Gasteiger charge is 2.15. The molecule has 1 amide bonds. The highest BCUT2D eigenvalue weighted by atomic mass is 32.2. The number of hydrogen-bond donors (Lipinski definition) is 2. The number of methoxy groups -OCH3 is 1. The van der Waals surface area contributed by atoms with Gasteiger partial charge in [0.2, 0.25) is 11.1 Å². The molecular weight excluding hydrogens is 382 g/mol. The minimum absolute atomic E-state index is 0.0387. The Balaban J connectivity index is 1.63. The van der Waals surface area contributed by atoms with Gasteiger partial charge in [-0.1, -0.05) is 41.6 Å². The van der Waals surface area contributed by atoms with Crippen LogP contribution in [0.1, 0.15) is 5.56 Å². The lowest BCUT2D eigenvalue weighted by molar-refractivity contribution is -0.384. The smallest absolute Gasteiger partial charge is 0.271 e. The number of nitro benzene ring substituents is 1. The summed E-state index contributed by atoms with van der Waals surface area (Å²) in [5, 5.41) is 20.9. The standard InChI is InChI=1S/C18H17N5O4S/c1-11-3-5-12(6-4-11)17-20-18(22-21-17)28-10-16(24)19-14-9-13(23(25)26)7-8-15(14)27-2/h3-9H,10H2,1-2H3,(H,19,24)(H,20,21,22). The fraction of sp³-hybridized carbons (Fsp3) is 0.167. The van der Waals surface area contributed by atoms with E-state index in [1.54, 1.807) is 0 Å². The maximum absolute atomic E-state index is 12.2. The Morgan fingerprint density at radius 3 is 2.71 bits per heavy atom. The fourth-order valence-electron chi connectivity index (χ4n) is 2.38. The van der Waals surface area contributed by atoms with Gasteiger partial charge in [0, 0.05) is 17.7 Å². The van der Waals surface area contributed by atoms with Crippen LogP contribution in [-0.2, 0) is 4.79 Å². The number of nitrogens with one attached hydrogen (secondary N) is 2. The number of ether oxygens (including phenoxy) is 1. The van der Waals surface area contributed by atoms with Crippen LogP contribution in [-0.4, -0.2) is 38.9 Å². The Morgan fingerprint density at radius 2 is 2.04 bits per heavy atom. The van der Waals surface area contributed by atoms with Crippen LogP contribution in [0.3, 0.4) is 0 Å². The number of anilines is 1. The second-order valence-electron chi connectivity index (χ2n) is 5.81. The molecule has 0 aliphatic rings. The number of rotatable bonds is 7. The molecule has 2 aromatic carbocycles. The number of hydrogen-bond acceptors (Lipinski definition) is 7. The number of carbonyl (C=O) groups excluding carboxylic acids is 1. The molecule has 1 heterocycles. The molecule has 0 aliphatic heterocycles. The predicted molar refractivity (Wildman–Crippen MR) is 106 cm³/mol. The number of nitrogens with zero attached hydrogens (tertiary/aromatic N) is 3. The molecule has 0 bridgehead atoms. The van der Waals surface area contributed by atoms with E-state index in [-0.39, 0.29) is 23.0 Å². The Hall–Kier alpha value is -3.40. The van der Waals surface area contributed by atoms with Gasteiger partial charge in [0.15, 0.2) is 5.82 Å². The van der Waals surface area contributed by atoms with Gasteiger partial charge in [-0.05, 0) is 13.0 Å². The summed E-state index contributed by atoms with van der Waals surface area (Å²) in [5.74, 6) is 0.633. The predicted octanol–water partition coefficient (Wildman–Crippen LogP) is 3.43. The Bertz CT molecular complexity index is 1000. The van der Waals surface area contributed by atoms with Crippen molar-refractivity contribution in [2.24, 2.45) is 0 Å². The second-order valence-corrected chi connectivity index (χ2v) is 6.75. The number of nitro groups is 1. The van der Waals surface area contributed by atoms with Crippen LogP contribution < -0.4 is 10.1 Å². The van der Waals surface area contributed by atoms with Crippen molar-refractivity contribution in [1.29, 1.82) is 0 Å². The summed E-state index contributed by atoms with van der Waals surface area (Å²) in [6.45, 7) is 2.00. The lowest BCUT2D eigenvalue weighted by Gasteiger charge is -2.09. The lowest BCUT2D eigenvalue weighted by Crippen LogP contribution is -2.15. The van der Waals surface area contributed by atoms with E-state index < -0.39 is 4.92 Å². The SMILES string of the molecule is COc1ccc([N+](=O)[O-])cc1NC(=O)CSc1n[nH]c(-c2ccc(C)cc2)n1. The van der Waals surface area contributed by atoms with Crippen LogP contribution in [0.25, 0.3) is 11.4 Å². The van der Waals surface area contributed by atoms with Gasteiger partial charge in [-0.3, -0.25) is 20.0 Å². The van der Waals surface area contributed by atoms with E-state index in [0.29, 0.717) is 16.7 Å². The molecule has 28 heavy (non-hydrogen) atoms. The number of non-ortho nitro benzene ring substituents is 1. The average Bonchev–Trinajstić information content (AvgIpc) is 3.16. The zero-order valence-electron chi connectivity index (χ0n) is 15.1. The van der Waals surface area contributed by atoms with Crippen LogP contribution in [0.5, 0.6) is 5.75 Å². The third kappa shape index (κ3) is 4.65. The quantitative estimate of drug-likeness (QED) is 0.354. The number of carbonyl (C=O) groups is 1. The summed E-state index contributed by atoms with van der Waals surface area (Å²) in [6.07, 6.45) is 0. The molecular formula is C18H17N5O4S. The average molecular weight is 399 g/mol. The molecule has 0 saturated carbocycles. The molecule has 3 aromatic rings. The van der Waals surface area contributed by atoms with E-state index in [1.807, 2.05) is 31.2 Å². The molecule has 2 N–H and O–H groups in total. The van der Waals surface area contributed by atoms with Gasteiger partial charge in [-0.2, -0.15) is 0 Å². The van der Waals surface area contributed by atoms with Gasteiger partial charge in [-0.15, -0.1) is 5.10 Å². The topological polar surface area (TPSA) is 123 Å². The summed E-state index contributed by atoms with van der Waals surface area (Å²) in [5.41, 5.74) is 2.14. The first-order chi connectivity index (χ1) is 13.5. The number of aryl methyl sites for hydroxylation is 1. The molecule has 10 heteroatoms. The van der Waals surface area contributed by atoms with Crippen molar-refractivity contribution in [1.82, 2.24) is 15.2 Å². The molecule has 0 unspecified atom stereocenters. The van der Waals surface area contributed by atoms with Gasteiger partial charge >= 0.3 is 0 Å². The van der Waals surface area contributed by atoms with Gasteiger partial charge in [0.25, 0.3) is 5.69 Å². The Kier molecular flexibility index (Phi) is 5.90. The first kappa shape index (κ1) is 19.4. The molecule has 9 nitrogen and oxygen atoms in total. The summed E-state index contributed by atoms with van der Waals surface area (Å²) in [6, 6.07) is 11.8. The number of thioether (sulfide) groups is 1. The number of H-pyrrole nitrogens is 1. The Labute approximate surface area is 164 Å². The summed E-state index contributed by atoms with van der Waals surface area (Å²) < 4.78 is 5.13. The van der Waals surface area contributed by atoms with Gasteiger partial charge in [0.05, 0.1) is 23.5 Å². The van der Waals surface area contributed by atoms with E-state index >= 15 is 0 Å². The van der Waals surface area contributed by atoms with Crippen molar-refractivity contribution in [2.75, 3.05) is 18.2 Å². The van der Waals surface area contributed by atoms with Crippen LogP contribution in [0.2, 0.25) is 0 Å². The summed E-state index contributed by atoms with van der Waals surface area (Å²) >= 11 is 1.15. The van der Waals surface area contributed by atoms with Crippen molar-refractivity contribution in [3.8, 4) is 17.1 Å². The zero-order chi connectivity index (χ0) is 20.1. The Morgan fingerprint density at radius 1 is 1.29 bits per heavy atom. The third-order valence-electron chi connectivity index (χ3n) is 3.79. The maximum Gasteiger partial charge on any atom is 0.271 e. The van der Waals surface area contributed by atoms with E-state index in [9.17, 15) is 14.9 Å². The largest absolute Gasteiger partial charge is 0.495 e. The van der Waals surface area contributed by atoms with E-state index in [0.717, 1.165) is 22.9 Å². The maximum atomic E-state index is 12.2. The van der Waals surface area contributed by atoms with Crippen molar-refractivity contribution >= 4 is 29.0 Å². The lowest BCUT2D eigenvalue weighted by atomic mass is 10.1. The molecule has 0 aliphatic carbocycles. The minimum atomic E-state index is -0.538. The van der Waals surface area contributed by atoms with Crippen molar-refractivity contribution in [3.63, 3.8) is 0 Å². The van der Waals surface area contributed by atoms with E-state index in [1.165, 1.54) is 25.3 Å². The van der Waals surface area contributed by atoms with Gasteiger partial charge in [0.1, 0.15) is 5.75 Å². The summed E-state index contributed by atoms with van der Waals surface area (Å²) in [7, 11) is 1.42. The van der Waals surface area contributed by atoms with Crippen molar-refractivity contribution in [3.05, 3.63) is 58.1 Å².